The first kappa shape index (κ1) is 35.0. The van der Waals surface area contributed by atoms with Crippen molar-refractivity contribution in [3.8, 4) is 0 Å². The van der Waals surface area contributed by atoms with Gasteiger partial charge in [-0.05, 0) is 88.7 Å². The Morgan fingerprint density at radius 3 is 1.32 bits per heavy atom. The summed E-state index contributed by atoms with van der Waals surface area (Å²) in [6, 6.07) is 7.31. The van der Waals surface area contributed by atoms with Crippen LogP contribution in [0.15, 0.2) is 40.1 Å². The summed E-state index contributed by atoms with van der Waals surface area (Å²) in [4.78, 5) is 17.0. The van der Waals surface area contributed by atoms with E-state index in [1.807, 2.05) is 55.4 Å². The molecule has 3 rings (SSSR count). The van der Waals surface area contributed by atoms with Gasteiger partial charge in [0.05, 0.1) is 15.4 Å². The molecule has 240 valence electrons. The van der Waals surface area contributed by atoms with Crippen LogP contribution in [0.1, 0.15) is 117 Å². The van der Waals surface area contributed by atoms with E-state index in [0.717, 1.165) is 0 Å². The number of carbonyl (C=O) groups excluding carboxylic acids is 1. The van der Waals surface area contributed by atoms with E-state index in [1.165, 1.54) is 24.3 Å². The molecule has 11 nitrogen and oxygen atoms in total. The molecule has 44 heavy (non-hydrogen) atoms. The number of aromatic nitrogens is 1. The number of primary amides is 1. The number of amides is 1. The summed E-state index contributed by atoms with van der Waals surface area (Å²) >= 11 is 0. The fraction of sp³-hybridized carbons (Fsp3) is 0.419. The van der Waals surface area contributed by atoms with E-state index in [9.17, 15) is 30.7 Å². The lowest BCUT2D eigenvalue weighted by molar-refractivity contribution is 0.1000. The van der Waals surface area contributed by atoms with Crippen molar-refractivity contribution in [3.63, 3.8) is 0 Å². The molecule has 2 aromatic carbocycles. The number of benzene rings is 2. The zero-order valence-corrected chi connectivity index (χ0v) is 28.1. The molecule has 0 bridgehead atoms. The molecule has 0 aliphatic carbocycles. The van der Waals surface area contributed by atoms with Crippen molar-refractivity contribution in [2.45, 2.75) is 95.8 Å². The molecule has 13 heteroatoms. The van der Waals surface area contributed by atoms with E-state index in [-0.39, 0.29) is 44.8 Å². The number of aryl methyl sites for hydroxylation is 1. The molecule has 1 amide bonds. The highest BCUT2D eigenvalue weighted by Crippen LogP contribution is 2.40. The molecule has 0 saturated carbocycles. The van der Waals surface area contributed by atoms with E-state index in [4.69, 9.17) is 10.7 Å². The van der Waals surface area contributed by atoms with Gasteiger partial charge in [-0.25, -0.2) is 4.98 Å². The van der Waals surface area contributed by atoms with Gasteiger partial charge in [0.2, 0.25) is 0 Å². The molecule has 0 saturated heterocycles. The van der Waals surface area contributed by atoms with E-state index in [0.29, 0.717) is 45.0 Å². The normalized spacial score (nSPS) is 12.4. The maximum atomic E-state index is 12.7. The van der Waals surface area contributed by atoms with Gasteiger partial charge < -0.3 is 16.4 Å². The van der Waals surface area contributed by atoms with Gasteiger partial charge in [0, 0.05) is 11.4 Å². The van der Waals surface area contributed by atoms with Gasteiger partial charge in [-0.3, -0.25) is 13.9 Å². The molecule has 0 aliphatic rings. The largest absolute Gasteiger partial charge is 0.365 e. The first-order chi connectivity index (χ1) is 20.1. The number of carbonyl (C=O) groups is 1. The zero-order chi connectivity index (χ0) is 33.5. The van der Waals surface area contributed by atoms with Crippen molar-refractivity contribution in [2.75, 3.05) is 10.6 Å². The Kier molecular flexibility index (Phi) is 10.2. The van der Waals surface area contributed by atoms with Crippen molar-refractivity contribution < 1.29 is 30.7 Å². The summed E-state index contributed by atoms with van der Waals surface area (Å²) in [6.45, 7) is 16.8. The van der Waals surface area contributed by atoms with Gasteiger partial charge in [-0.1, -0.05) is 55.4 Å². The summed E-state index contributed by atoms with van der Waals surface area (Å²) in [6.07, 6.45) is 0. The average molecular weight is 647 g/mol. The number of nitrogens with two attached hydrogens (primary N) is 1. The Labute approximate surface area is 260 Å². The van der Waals surface area contributed by atoms with Crippen molar-refractivity contribution in [1.82, 2.24) is 4.98 Å². The molecule has 0 unspecified atom stereocenters. The topological polar surface area (TPSA) is 189 Å². The molecule has 0 aliphatic heterocycles. The zero-order valence-electron chi connectivity index (χ0n) is 26.5. The van der Waals surface area contributed by atoms with Crippen LogP contribution in [-0.2, 0) is 20.2 Å². The Morgan fingerprint density at radius 2 is 1.02 bits per heavy atom. The molecule has 6 N–H and O–H groups in total. The second-order valence-corrected chi connectivity index (χ2v) is 15.0. The minimum absolute atomic E-state index is 0.133. The quantitative estimate of drug-likeness (QED) is 0.136. The number of anilines is 4. The molecule has 0 atom stereocenters. The van der Waals surface area contributed by atoms with Gasteiger partial charge in [0.25, 0.3) is 26.1 Å². The Morgan fingerprint density at radius 1 is 0.682 bits per heavy atom. The molecule has 0 fully saturated rings. The molecule has 3 aromatic rings. The highest BCUT2D eigenvalue weighted by Gasteiger charge is 2.25. The third kappa shape index (κ3) is 7.57. The van der Waals surface area contributed by atoms with Crippen LogP contribution in [-0.4, -0.2) is 36.8 Å². The van der Waals surface area contributed by atoms with Crippen LogP contribution in [0.4, 0.5) is 23.0 Å². The van der Waals surface area contributed by atoms with Crippen LogP contribution in [0.5, 0.6) is 0 Å². The third-order valence-corrected chi connectivity index (χ3v) is 9.05. The van der Waals surface area contributed by atoms with E-state index >= 15 is 0 Å². The summed E-state index contributed by atoms with van der Waals surface area (Å²) in [5, 5.41) is 6.59. The van der Waals surface area contributed by atoms with Crippen LogP contribution in [0.3, 0.4) is 0 Å². The number of nitrogens with zero attached hydrogens (tertiary/aromatic N) is 1. The van der Waals surface area contributed by atoms with Gasteiger partial charge in [0.1, 0.15) is 11.6 Å². The smallest absolute Gasteiger partial charge is 0.294 e. The third-order valence-electron chi connectivity index (χ3n) is 7.39. The van der Waals surface area contributed by atoms with Crippen LogP contribution in [0, 0.1) is 6.92 Å². The molecular weight excluding hydrogens is 604 g/mol. The number of rotatable bonds is 11. The SMILES string of the molecule is Cc1cc(Nc2c(C(C)C)cc(S(=O)(=O)O)cc2C(C)C)nc(Nc2c(C(C)C)cc(S(=O)(=O)O)cc2C(C)C)c1C(N)=O. The average Bonchev–Trinajstić information content (AvgIpc) is 2.86. The van der Waals surface area contributed by atoms with Gasteiger partial charge in [-0.2, -0.15) is 16.8 Å². The monoisotopic (exact) mass is 646 g/mol. The molecule has 0 radical (unpaired) electrons. The van der Waals surface area contributed by atoms with Crippen molar-refractivity contribution in [3.05, 3.63) is 63.7 Å². The Hall–Kier alpha value is -3.52. The fourth-order valence-corrected chi connectivity index (χ4v) is 6.21. The van der Waals surface area contributed by atoms with Crippen LogP contribution >= 0.6 is 0 Å². The van der Waals surface area contributed by atoms with Crippen molar-refractivity contribution >= 4 is 49.2 Å². The first-order valence-electron chi connectivity index (χ1n) is 14.3. The first-order valence-corrected chi connectivity index (χ1v) is 17.2. The number of hydrogen-bond acceptors (Lipinski definition) is 8. The highest BCUT2D eigenvalue weighted by molar-refractivity contribution is 7.86. The van der Waals surface area contributed by atoms with Gasteiger partial charge in [0.15, 0.2) is 0 Å². The fourth-order valence-electron chi connectivity index (χ4n) is 5.11. The van der Waals surface area contributed by atoms with Gasteiger partial charge >= 0.3 is 0 Å². The summed E-state index contributed by atoms with van der Waals surface area (Å²) in [7, 11) is -8.95. The maximum absolute atomic E-state index is 12.7. The second-order valence-electron chi connectivity index (χ2n) is 12.2. The Balaban J connectivity index is 2.32. The van der Waals surface area contributed by atoms with Crippen LogP contribution in [0.25, 0.3) is 0 Å². The molecule has 1 aromatic heterocycles. The van der Waals surface area contributed by atoms with Crippen LogP contribution < -0.4 is 16.4 Å². The molecular formula is C31H42N4O7S2. The lowest BCUT2D eigenvalue weighted by Gasteiger charge is -2.24. The number of nitrogens with one attached hydrogen (secondary N) is 2. The molecule has 0 spiro atoms. The standard InChI is InChI=1S/C31H42N4O7S2/c1-15(2)22-11-20(43(37,38)39)12-23(16(3)4)28(22)33-26-10-19(9)27(30(32)36)31(34-26)35-29-24(17(5)6)13-21(44(40,41)42)14-25(29)18(7)8/h10-18H,1-9H3,(H2,32,36)(H2,33,34,35)(H,37,38,39)(H,40,41,42). The van der Waals surface area contributed by atoms with E-state index < -0.39 is 26.1 Å². The predicted octanol–water partition coefficient (Wildman–Crippen LogP) is 6.96. The Bertz CT molecular complexity index is 1760. The summed E-state index contributed by atoms with van der Waals surface area (Å²) < 4.78 is 67.9. The number of pyridine rings is 1. The van der Waals surface area contributed by atoms with E-state index in [1.54, 1.807) is 13.0 Å². The predicted molar refractivity (Wildman–Crippen MR) is 173 cm³/mol. The number of hydrogen-bond donors (Lipinski definition) is 5. The van der Waals surface area contributed by atoms with Crippen LogP contribution in [0.2, 0.25) is 0 Å². The van der Waals surface area contributed by atoms with Crippen molar-refractivity contribution in [2.24, 2.45) is 5.73 Å². The minimum atomic E-state index is -4.49. The lowest BCUT2D eigenvalue weighted by Crippen LogP contribution is -2.18. The van der Waals surface area contributed by atoms with E-state index in [2.05, 4.69) is 10.6 Å². The summed E-state index contributed by atoms with van der Waals surface area (Å²) in [5.74, 6) is -0.883. The highest BCUT2D eigenvalue weighted by atomic mass is 32.2. The minimum Gasteiger partial charge on any atom is -0.365 e. The lowest BCUT2D eigenvalue weighted by atomic mass is 9.92. The second kappa shape index (κ2) is 12.8. The summed E-state index contributed by atoms with van der Waals surface area (Å²) in [5.41, 5.74) is 10.1. The van der Waals surface area contributed by atoms with Crippen molar-refractivity contribution in [1.29, 1.82) is 0 Å². The van der Waals surface area contributed by atoms with Gasteiger partial charge in [-0.15, -0.1) is 0 Å². The maximum Gasteiger partial charge on any atom is 0.294 e. The molecule has 1 heterocycles.